The molecule has 0 bridgehead atoms. The molecule has 11 heteroatoms. The van der Waals surface area contributed by atoms with Crippen LogP contribution in [0.5, 0.6) is 5.75 Å². The van der Waals surface area contributed by atoms with E-state index in [1.807, 2.05) is 0 Å². The molecule has 2 aromatic rings. The number of aryl methyl sites for hydroxylation is 1. The standard InChI is InChI=1S/C26H32FN5O5/c1-29(2)25(36)26(37)30(3)19-15-31(14-17-4-5-17)12-13-32-23(19)28-21(22(34)24(32)35)20(33)11-8-16-6-9-18(27)10-7-16/h6-7,9-10,17,19,34H,4-5,8,11-15H2,1-3H3. The van der Waals surface area contributed by atoms with Crippen molar-refractivity contribution in [2.24, 2.45) is 5.92 Å². The second kappa shape index (κ2) is 10.8. The minimum absolute atomic E-state index is 0.0541. The SMILES string of the molecule is CN(C)C(=O)C(=O)N(C)C1CN(CC2CC2)CCn2c1nc(C(=O)CCc1ccc(F)cc1)c(O)c2=O. The first-order valence-electron chi connectivity index (χ1n) is 12.4. The largest absolute Gasteiger partial charge is 0.501 e. The molecule has 1 fully saturated rings. The Hall–Kier alpha value is -3.60. The quantitative estimate of drug-likeness (QED) is 0.437. The van der Waals surface area contributed by atoms with E-state index in [0.29, 0.717) is 19.0 Å². The van der Waals surface area contributed by atoms with Crippen LogP contribution in [0.1, 0.15) is 47.2 Å². The Kier molecular flexibility index (Phi) is 7.72. The number of halogens is 1. The first kappa shape index (κ1) is 26.5. The molecule has 1 N–H and O–H groups in total. The Morgan fingerprint density at radius 1 is 1.08 bits per heavy atom. The Bertz CT molecular complexity index is 1260. The third kappa shape index (κ3) is 5.87. The third-order valence-electron chi connectivity index (χ3n) is 6.95. The van der Waals surface area contributed by atoms with Gasteiger partial charge in [-0.2, -0.15) is 0 Å². The summed E-state index contributed by atoms with van der Waals surface area (Å²) in [6.45, 7) is 1.85. The van der Waals surface area contributed by atoms with Crippen LogP contribution < -0.4 is 5.56 Å². The molecule has 0 radical (unpaired) electrons. The lowest BCUT2D eigenvalue weighted by atomic mass is 10.1. The number of hydrogen-bond donors (Lipinski definition) is 1. The van der Waals surface area contributed by atoms with E-state index in [1.54, 1.807) is 12.1 Å². The van der Waals surface area contributed by atoms with Crippen LogP contribution in [0.3, 0.4) is 0 Å². The van der Waals surface area contributed by atoms with Gasteiger partial charge in [-0.3, -0.25) is 28.6 Å². The second-order valence-electron chi connectivity index (χ2n) is 10.0. The summed E-state index contributed by atoms with van der Waals surface area (Å²) in [5, 5.41) is 10.6. The lowest BCUT2D eigenvalue weighted by molar-refractivity contribution is -0.151. The van der Waals surface area contributed by atoms with Crippen molar-refractivity contribution in [3.8, 4) is 5.75 Å². The lowest BCUT2D eigenvalue weighted by Gasteiger charge is -2.31. The number of rotatable bonds is 7. The number of nitrogens with zero attached hydrogens (tertiary/aromatic N) is 5. The monoisotopic (exact) mass is 513 g/mol. The normalized spacial score (nSPS) is 17.6. The topological polar surface area (TPSA) is 116 Å². The van der Waals surface area contributed by atoms with E-state index in [4.69, 9.17) is 0 Å². The molecule has 1 aromatic heterocycles. The molecule has 37 heavy (non-hydrogen) atoms. The fraction of sp³-hybridized carbons (Fsp3) is 0.500. The van der Waals surface area contributed by atoms with Gasteiger partial charge >= 0.3 is 11.8 Å². The number of carbonyl (C=O) groups is 3. The highest BCUT2D eigenvalue weighted by atomic mass is 19.1. The molecule has 1 aliphatic heterocycles. The minimum Gasteiger partial charge on any atom is -0.501 e. The van der Waals surface area contributed by atoms with Crippen LogP contribution in [-0.2, 0) is 22.6 Å². The number of carbonyl (C=O) groups excluding carboxylic acids is 3. The van der Waals surface area contributed by atoms with Crippen LogP contribution in [0, 0.1) is 11.7 Å². The van der Waals surface area contributed by atoms with Crippen LogP contribution in [0.15, 0.2) is 29.1 Å². The number of aromatic nitrogens is 2. The zero-order valence-electron chi connectivity index (χ0n) is 21.3. The fourth-order valence-electron chi connectivity index (χ4n) is 4.52. The predicted molar refractivity (Wildman–Crippen MR) is 133 cm³/mol. The summed E-state index contributed by atoms with van der Waals surface area (Å²) >= 11 is 0. The molecule has 198 valence electrons. The van der Waals surface area contributed by atoms with Gasteiger partial charge < -0.3 is 14.9 Å². The highest BCUT2D eigenvalue weighted by Crippen LogP contribution is 2.32. The van der Waals surface area contributed by atoms with Crippen molar-refractivity contribution in [2.45, 2.75) is 38.3 Å². The van der Waals surface area contributed by atoms with Crippen LogP contribution in [0.25, 0.3) is 0 Å². The van der Waals surface area contributed by atoms with Crippen molar-refractivity contribution in [3.05, 3.63) is 57.5 Å². The van der Waals surface area contributed by atoms with E-state index in [0.717, 1.165) is 24.9 Å². The number of aromatic hydroxyl groups is 1. The Morgan fingerprint density at radius 2 is 1.76 bits per heavy atom. The molecule has 1 unspecified atom stereocenters. The van der Waals surface area contributed by atoms with Crippen molar-refractivity contribution in [1.29, 1.82) is 0 Å². The molecule has 1 aliphatic carbocycles. The van der Waals surface area contributed by atoms with Gasteiger partial charge in [0.25, 0.3) is 5.56 Å². The van der Waals surface area contributed by atoms with Crippen molar-refractivity contribution in [2.75, 3.05) is 40.8 Å². The second-order valence-corrected chi connectivity index (χ2v) is 10.0. The molecule has 0 spiro atoms. The van der Waals surface area contributed by atoms with Crippen molar-refractivity contribution < 1.29 is 23.9 Å². The maximum Gasteiger partial charge on any atom is 0.312 e. The molecule has 2 heterocycles. The van der Waals surface area contributed by atoms with Crippen molar-refractivity contribution in [1.82, 2.24) is 24.3 Å². The van der Waals surface area contributed by atoms with E-state index in [1.165, 1.54) is 47.6 Å². The number of benzene rings is 1. The zero-order valence-corrected chi connectivity index (χ0v) is 21.3. The zero-order chi connectivity index (χ0) is 26.9. The molecule has 1 atom stereocenters. The van der Waals surface area contributed by atoms with E-state index in [-0.39, 0.29) is 36.7 Å². The summed E-state index contributed by atoms with van der Waals surface area (Å²) in [5.74, 6) is -2.44. The van der Waals surface area contributed by atoms with E-state index >= 15 is 0 Å². The fourth-order valence-corrected chi connectivity index (χ4v) is 4.52. The third-order valence-corrected chi connectivity index (χ3v) is 6.95. The first-order chi connectivity index (χ1) is 17.6. The van der Waals surface area contributed by atoms with Crippen LogP contribution in [0.2, 0.25) is 0 Å². The molecular weight excluding hydrogens is 481 g/mol. The average molecular weight is 514 g/mol. The van der Waals surface area contributed by atoms with E-state index in [9.17, 15) is 28.7 Å². The molecular formula is C26H32FN5O5. The molecule has 1 aromatic carbocycles. The Morgan fingerprint density at radius 3 is 2.38 bits per heavy atom. The van der Waals surface area contributed by atoms with Gasteiger partial charge in [-0.1, -0.05) is 12.1 Å². The number of amides is 2. The summed E-state index contributed by atoms with van der Waals surface area (Å²) in [7, 11) is 4.44. The van der Waals surface area contributed by atoms with Gasteiger partial charge in [0.1, 0.15) is 17.7 Å². The van der Waals surface area contributed by atoms with Gasteiger partial charge in [-0.15, -0.1) is 0 Å². The highest BCUT2D eigenvalue weighted by molar-refractivity contribution is 6.34. The molecule has 1 saturated carbocycles. The first-order valence-corrected chi connectivity index (χ1v) is 12.4. The number of ketones is 1. The highest BCUT2D eigenvalue weighted by Gasteiger charge is 2.37. The number of fused-ring (bicyclic) bond motifs is 1. The van der Waals surface area contributed by atoms with E-state index in [2.05, 4.69) is 9.88 Å². The summed E-state index contributed by atoms with van der Waals surface area (Å²) < 4.78 is 14.5. The molecule has 0 saturated heterocycles. The van der Waals surface area contributed by atoms with Crippen LogP contribution in [-0.4, -0.2) is 87.7 Å². The van der Waals surface area contributed by atoms with E-state index < -0.39 is 34.9 Å². The van der Waals surface area contributed by atoms with Gasteiger partial charge in [0.05, 0.1) is 0 Å². The summed E-state index contributed by atoms with van der Waals surface area (Å²) in [6, 6.07) is 4.94. The van der Waals surface area contributed by atoms with Gasteiger partial charge in [-0.25, -0.2) is 9.37 Å². The van der Waals surface area contributed by atoms with Gasteiger partial charge in [0.15, 0.2) is 11.5 Å². The minimum atomic E-state index is -0.783. The van der Waals surface area contributed by atoms with Crippen LogP contribution in [0.4, 0.5) is 4.39 Å². The summed E-state index contributed by atoms with van der Waals surface area (Å²) in [6.07, 6.45) is 2.45. The van der Waals surface area contributed by atoms with Gasteiger partial charge in [0.2, 0.25) is 5.75 Å². The summed E-state index contributed by atoms with van der Waals surface area (Å²) in [4.78, 5) is 60.7. The maximum atomic E-state index is 13.2. The van der Waals surface area contributed by atoms with Gasteiger partial charge in [0, 0.05) is 53.7 Å². The molecule has 4 rings (SSSR count). The van der Waals surface area contributed by atoms with Crippen molar-refractivity contribution >= 4 is 17.6 Å². The molecule has 2 aliphatic rings. The summed E-state index contributed by atoms with van der Waals surface area (Å²) in [5.41, 5.74) is -0.395. The number of Topliss-reactive ketones (excluding diaryl/α,β-unsaturated/α-hetero) is 1. The Labute approximate surface area is 214 Å². The smallest absolute Gasteiger partial charge is 0.312 e. The molecule has 10 nitrogen and oxygen atoms in total. The lowest BCUT2D eigenvalue weighted by Crippen LogP contribution is -2.46. The molecule has 2 amide bonds. The van der Waals surface area contributed by atoms with Crippen molar-refractivity contribution in [3.63, 3.8) is 0 Å². The average Bonchev–Trinajstić information content (AvgIpc) is 3.71. The number of hydrogen-bond acceptors (Lipinski definition) is 7. The Balaban J connectivity index is 1.68. The predicted octanol–water partition coefficient (Wildman–Crippen LogP) is 1.22. The van der Waals surface area contributed by atoms with Crippen LogP contribution >= 0.6 is 0 Å². The van der Waals surface area contributed by atoms with Gasteiger partial charge in [-0.05, 0) is 42.9 Å². The maximum absolute atomic E-state index is 13.2. The number of likely N-dealkylation sites (N-methyl/N-ethyl adjacent to an activating group) is 2.